The highest BCUT2D eigenvalue weighted by Gasteiger charge is 2.48. The van der Waals surface area contributed by atoms with Crippen molar-refractivity contribution in [3.63, 3.8) is 0 Å². The molecule has 1 aromatic rings. The molecule has 216 valence electrons. The number of unbranched alkanes of at least 4 members (excludes halogenated alkanes) is 8. The van der Waals surface area contributed by atoms with Crippen LogP contribution < -0.4 is 4.74 Å². The molecule has 2 rings (SSSR count). The Hall–Kier alpha value is -2.08. The third-order valence-corrected chi connectivity index (χ3v) is 7.71. The number of ether oxygens (including phenoxy) is 3. The third-order valence-electron chi connectivity index (χ3n) is 7.71. The van der Waals surface area contributed by atoms with Gasteiger partial charge in [0.1, 0.15) is 17.9 Å². The van der Waals surface area contributed by atoms with Gasteiger partial charge in [-0.15, -0.1) is 0 Å². The molecule has 6 heteroatoms. The van der Waals surface area contributed by atoms with E-state index in [0.717, 1.165) is 19.3 Å². The van der Waals surface area contributed by atoms with Crippen LogP contribution in [0.3, 0.4) is 0 Å². The molecule has 0 spiro atoms. The van der Waals surface area contributed by atoms with Gasteiger partial charge in [0.15, 0.2) is 5.60 Å². The van der Waals surface area contributed by atoms with Gasteiger partial charge in [0, 0.05) is 17.9 Å². The molecule has 0 amide bonds. The maximum absolute atomic E-state index is 12.9. The fraction of sp³-hybridized carbons (Fsp3) is 0.750. The average Bonchev–Trinajstić information content (AvgIpc) is 3.13. The molecule has 1 aliphatic rings. The van der Waals surface area contributed by atoms with E-state index in [1.807, 2.05) is 0 Å². The highest BCUT2D eigenvalue weighted by Crippen LogP contribution is 2.43. The van der Waals surface area contributed by atoms with Crippen molar-refractivity contribution in [1.82, 2.24) is 0 Å². The molecule has 0 saturated carbocycles. The number of rotatable bonds is 16. The van der Waals surface area contributed by atoms with Crippen LogP contribution >= 0.6 is 0 Å². The van der Waals surface area contributed by atoms with Crippen LogP contribution in [0.1, 0.15) is 129 Å². The molecule has 1 N–H and O–H groups in total. The van der Waals surface area contributed by atoms with Crippen LogP contribution in [0.4, 0.5) is 0 Å². The number of cyclic esters (lactones) is 1. The fourth-order valence-corrected chi connectivity index (χ4v) is 5.62. The molecular formula is C32H52O6. The summed E-state index contributed by atoms with van der Waals surface area (Å²) in [7, 11) is 0. The van der Waals surface area contributed by atoms with E-state index in [1.165, 1.54) is 38.5 Å². The van der Waals surface area contributed by atoms with Gasteiger partial charge < -0.3 is 19.3 Å². The van der Waals surface area contributed by atoms with Gasteiger partial charge in [0.2, 0.25) is 0 Å². The average molecular weight is 533 g/mol. The summed E-state index contributed by atoms with van der Waals surface area (Å²) in [5, 5.41) is 10.3. The highest BCUT2D eigenvalue weighted by molar-refractivity contribution is 5.97. The number of hydrogen-bond acceptors (Lipinski definition) is 6. The lowest BCUT2D eigenvalue weighted by Gasteiger charge is -2.40. The number of carbonyl (C=O) groups excluding carboxylic acids is 2. The number of aliphatic hydroxyl groups is 1. The number of fused-ring (bicyclic) bond motifs is 1. The van der Waals surface area contributed by atoms with Crippen LogP contribution in [-0.2, 0) is 19.9 Å². The van der Waals surface area contributed by atoms with E-state index in [-0.39, 0.29) is 29.3 Å². The molecule has 0 fully saturated rings. The van der Waals surface area contributed by atoms with E-state index < -0.39 is 18.2 Å². The zero-order chi connectivity index (χ0) is 28.4. The van der Waals surface area contributed by atoms with Gasteiger partial charge in [-0.2, -0.15) is 0 Å². The van der Waals surface area contributed by atoms with Crippen molar-refractivity contribution in [1.29, 1.82) is 0 Å². The molecule has 1 atom stereocenters. The Balaban J connectivity index is 1.96. The van der Waals surface area contributed by atoms with Gasteiger partial charge in [0.25, 0.3) is 0 Å². The van der Waals surface area contributed by atoms with E-state index in [1.54, 1.807) is 18.2 Å². The number of carbonyl (C=O) groups is 2. The summed E-state index contributed by atoms with van der Waals surface area (Å²) in [6, 6.07) is 5.28. The summed E-state index contributed by atoms with van der Waals surface area (Å²) >= 11 is 0. The molecule has 0 aliphatic carbocycles. The summed E-state index contributed by atoms with van der Waals surface area (Å²) in [6.45, 7) is 15.1. The Bertz CT molecular complexity index is 880. The van der Waals surface area contributed by atoms with Gasteiger partial charge in [0.05, 0.1) is 13.2 Å². The first-order valence-electron chi connectivity index (χ1n) is 14.6. The van der Waals surface area contributed by atoms with Gasteiger partial charge >= 0.3 is 11.9 Å². The summed E-state index contributed by atoms with van der Waals surface area (Å²) in [5.74, 6) is -0.242. The van der Waals surface area contributed by atoms with E-state index in [9.17, 15) is 14.7 Å². The van der Waals surface area contributed by atoms with Gasteiger partial charge in [-0.05, 0) is 23.3 Å². The van der Waals surface area contributed by atoms with Gasteiger partial charge in [-0.25, -0.2) is 4.79 Å². The molecule has 0 saturated heterocycles. The molecule has 38 heavy (non-hydrogen) atoms. The fourth-order valence-electron chi connectivity index (χ4n) is 5.62. The Morgan fingerprint density at radius 3 is 2.08 bits per heavy atom. The lowest BCUT2D eigenvalue weighted by atomic mass is 9.67. The van der Waals surface area contributed by atoms with Crippen molar-refractivity contribution in [2.24, 2.45) is 16.7 Å². The summed E-state index contributed by atoms with van der Waals surface area (Å²) < 4.78 is 17.4. The third kappa shape index (κ3) is 9.00. The van der Waals surface area contributed by atoms with Crippen LogP contribution in [-0.4, -0.2) is 36.9 Å². The Morgan fingerprint density at radius 2 is 1.53 bits per heavy atom. The number of esters is 2. The molecular weight excluding hydrogens is 480 g/mol. The first kappa shape index (κ1) is 32.1. The second kappa shape index (κ2) is 14.3. The maximum Gasteiger partial charge on any atom is 0.343 e. The minimum Gasteiger partial charge on any atom is -0.492 e. The van der Waals surface area contributed by atoms with Crippen molar-refractivity contribution >= 4 is 11.9 Å². The van der Waals surface area contributed by atoms with E-state index >= 15 is 0 Å². The Labute approximate surface area is 230 Å². The van der Waals surface area contributed by atoms with Crippen molar-refractivity contribution in [3.8, 4) is 5.75 Å². The summed E-state index contributed by atoms with van der Waals surface area (Å²) in [4.78, 5) is 25.4. The molecule has 0 radical (unpaired) electrons. The largest absolute Gasteiger partial charge is 0.492 e. The molecule has 6 nitrogen and oxygen atoms in total. The van der Waals surface area contributed by atoms with Crippen LogP contribution in [0.15, 0.2) is 18.2 Å². The summed E-state index contributed by atoms with van der Waals surface area (Å²) in [6.07, 6.45) is 10.8. The van der Waals surface area contributed by atoms with Gasteiger partial charge in [-0.3, -0.25) is 4.79 Å². The van der Waals surface area contributed by atoms with E-state index in [4.69, 9.17) is 14.2 Å². The van der Waals surface area contributed by atoms with Crippen molar-refractivity contribution in [2.75, 3.05) is 19.8 Å². The zero-order valence-corrected chi connectivity index (χ0v) is 25.0. The van der Waals surface area contributed by atoms with Gasteiger partial charge in [-0.1, -0.05) is 112 Å². The Kier molecular flexibility index (Phi) is 12.1. The predicted molar refractivity (Wildman–Crippen MR) is 151 cm³/mol. The highest BCUT2D eigenvalue weighted by atomic mass is 16.6. The minimum absolute atomic E-state index is 0.00834. The molecule has 0 aromatic heterocycles. The zero-order valence-electron chi connectivity index (χ0n) is 25.0. The SMILES string of the molecule is CCCCCCCCCCCC(=O)OC[C@@]1(CO)OC(=O)c2c(OCC(C(C)(C)C)C(C)(C)C)cccc21. The number of aliphatic hydroxyl groups excluding tert-OH is 1. The van der Waals surface area contributed by atoms with Crippen LogP contribution in [0.25, 0.3) is 0 Å². The molecule has 1 heterocycles. The van der Waals surface area contributed by atoms with Crippen LogP contribution in [0, 0.1) is 16.7 Å². The normalized spacial score (nSPS) is 17.4. The minimum atomic E-state index is -1.41. The van der Waals surface area contributed by atoms with Crippen molar-refractivity contribution in [3.05, 3.63) is 29.3 Å². The molecule has 1 aromatic carbocycles. The molecule has 1 aliphatic heterocycles. The van der Waals surface area contributed by atoms with Crippen molar-refractivity contribution in [2.45, 2.75) is 118 Å². The molecule has 0 unspecified atom stereocenters. The lowest BCUT2D eigenvalue weighted by Crippen LogP contribution is -2.37. The topological polar surface area (TPSA) is 82.1 Å². The first-order valence-corrected chi connectivity index (χ1v) is 14.6. The maximum atomic E-state index is 12.9. The van der Waals surface area contributed by atoms with Crippen molar-refractivity contribution < 1.29 is 28.9 Å². The smallest absolute Gasteiger partial charge is 0.343 e. The quantitative estimate of drug-likeness (QED) is 0.174. The second-order valence-corrected chi connectivity index (χ2v) is 13.1. The standard InChI is InChI=1S/C32H52O6/c1-8-9-10-11-12-13-14-15-16-20-27(34)37-23-32(22-33)24-18-17-19-25(28(24)29(35)38-32)36-21-26(30(2,3)4)31(5,6)7/h17-19,26,33H,8-16,20-23H2,1-7H3/t32-/m1/s1. The number of benzene rings is 1. The van der Waals surface area contributed by atoms with E-state index in [2.05, 4.69) is 48.5 Å². The lowest BCUT2D eigenvalue weighted by molar-refractivity contribution is -0.154. The van der Waals surface area contributed by atoms with E-state index in [0.29, 0.717) is 29.9 Å². The number of hydrogen-bond donors (Lipinski definition) is 1. The second-order valence-electron chi connectivity index (χ2n) is 13.1. The summed E-state index contributed by atoms with van der Waals surface area (Å²) in [5.41, 5.74) is -0.588. The van der Waals surface area contributed by atoms with Crippen LogP contribution in [0.2, 0.25) is 0 Å². The Morgan fingerprint density at radius 1 is 0.947 bits per heavy atom. The first-order chi connectivity index (χ1) is 17.9. The monoisotopic (exact) mass is 532 g/mol. The molecule has 0 bridgehead atoms. The predicted octanol–water partition coefficient (Wildman–Crippen LogP) is 7.60. The van der Waals surface area contributed by atoms with Crippen LogP contribution in [0.5, 0.6) is 5.75 Å².